The molecule has 3 N–H and O–H groups in total. The molecule has 1 amide bonds. The lowest BCUT2D eigenvalue weighted by atomic mass is 9.95. The van der Waals surface area contributed by atoms with Gasteiger partial charge in [-0.05, 0) is 44.4 Å². The Morgan fingerprint density at radius 3 is 2.16 bits per heavy atom. The van der Waals surface area contributed by atoms with Gasteiger partial charge in [0.1, 0.15) is 0 Å². The van der Waals surface area contributed by atoms with Crippen LogP contribution in [0.3, 0.4) is 0 Å². The van der Waals surface area contributed by atoms with Crippen molar-refractivity contribution in [1.82, 2.24) is 10.3 Å². The van der Waals surface area contributed by atoms with Crippen LogP contribution in [-0.2, 0) is 4.79 Å². The number of aromatic nitrogens is 1. The monoisotopic (exact) mass is 438 g/mol. The number of benzene rings is 1. The summed E-state index contributed by atoms with van der Waals surface area (Å²) >= 11 is 0. The third-order valence-corrected chi connectivity index (χ3v) is 4.21. The number of amides is 1. The molecular weight excluding hydrogens is 413 g/mol. The zero-order valence-corrected chi connectivity index (χ0v) is 17.3. The van der Waals surface area contributed by atoms with E-state index in [0.29, 0.717) is 18.4 Å². The third kappa shape index (κ3) is 7.86. The number of halogens is 3. The Morgan fingerprint density at radius 2 is 1.68 bits per heavy atom. The molecule has 0 saturated carbocycles. The predicted octanol–water partition coefficient (Wildman–Crippen LogP) is 4.10. The molecular formula is C22H25F3N2O4. The molecule has 0 aliphatic rings. The molecule has 2 rings (SSSR count). The number of carbonyl (C=O) groups excluding carboxylic acids is 1. The zero-order valence-electron chi connectivity index (χ0n) is 17.3. The molecule has 0 radical (unpaired) electrons. The molecule has 1 heterocycles. The van der Waals surface area contributed by atoms with Crippen LogP contribution >= 0.6 is 0 Å². The van der Waals surface area contributed by atoms with E-state index in [1.54, 1.807) is 18.2 Å². The fourth-order valence-corrected chi connectivity index (χ4v) is 2.76. The minimum absolute atomic E-state index is 0.137. The average Bonchev–Trinajstić information content (AvgIpc) is 2.65. The number of carbonyl (C=O) groups is 2. The van der Waals surface area contributed by atoms with E-state index in [1.165, 1.54) is 0 Å². The Labute approximate surface area is 178 Å². The van der Waals surface area contributed by atoms with Crippen LogP contribution in [0.1, 0.15) is 34.5 Å². The van der Waals surface area contributed by atoms with Gasteiger partial charge in [0, 0.05) is 17.6 Å². The van der Waals surface area contributed by atoms with E-state index in [2.05, 4.69) is 23.5 Å². The molecule has 168 valence electrons. The summed E-state index contributed by atoms with van der Waals surface area (Å²) in [5, 5.41) is 21.3. The first-order valence-electron chi connectivity index (χ1n) is 9.23. The minimum Gasteiger partial charge on any atom is -0.475 e. The van der Waals surface area contributed by atoms with Gasteiger partial charge in [-0.2, -0.15) is 13.2 Å². The van der Waals surface area contributed by atoms with Gasteiger partial charge in [-0.1, -0.05) is 24.3 Å². The first-order chi connectivity index (χ1) is 14.3. The number of nitrogens with zero attached hydrogens (tertiary/aromatic N) is 1. The first kappa shape index (κ1) is 25.8. The van der Waals surface area contributed by atoms with Crippen molar-refractivity contribution in [2.45, 2.75) is 38.5 Å². The highest BCUT2D eigenvalue weighted by Crippen LogP contribution is 2.21. The number of pyridine rings is 1. The Hall–Kier alpha value is -3.20. The topological polar surface area (TPSA) is 99.5 Å². The second-order valence-corrected chi connectivity index (χ2v) is 7.03. The smallest absolute Gasteiger partial charge is 0.475 e. The highest BCUT2D eigenvalue weighted by molar-refractivity contribution is 6.06. The number of aliphatic hydroxyl groups is 1. The maximum atomic E-state index is 12.6. The molecule has 6 nitrogen and oxygen atoms in total. The lowest BCUT2D eigenvalue weighted by molar-refractivity contribution is -0.192. The van der Waals surface area contributed by atoms with Crippen LogP contribution in [0.5, 0.6) is 0 Å². The van der Waals surface area contributed by atoms with Crippen molar-refractivity contribution in [2.75, 3.05) is 6.54 Å². The average molecular weight is 438 g/mol. The van der Waals surface area contributed by atoms with Gasteiger partial charge in [0.15, 0.2) is 0 Å². The number of nitrogens with one attached hydrogen (secondary N) is 1. The van der Waals surface area contributed by atoms with E-state index < -0.39 is 17.7 Å². The summed E-state index contributed by atoms with van der Waals surface area (Å²) in [5.41, 5.74) is 2.18. The number of carboxylic acid groups (broad SMARTS) is 1. The van der Waals surface area contributed by atoms with Gasteiger partial charge >= 0.3 is 12.1 Å². The van der Waals surface area contributed by atoms with Gasteiger partial charge in [0.2, 0.25) is 0 Å². The molecule has 0 bridgehead atoms. The summed E-state index contributed by atoms with van der Waals surface area (Å²) in [7, 11) is 0. The molecule has 31 heavy (non-hydrogen) atoms. The van der Waals surface area contributed by atoms with Crippen molar-refractivity contribution < 1.29 is 33.0 Å². The van der Waals surface area contributed by atoms with Crippen LogP contribution in [0.4, 0.5) is 13.2 Å². The lowest BCUT2D eigenvalue weighted by Crippen LogP contribution is -2.42. The molecule has 2 aromatic rings. The Balaban J connectivity index is 0.000000592. The molecule has 9 heteroatoms. The maximum Gasteiger partial charge on any atom is 0.490 e. The highest BCUT2D eigenvalue weighted by Gasteiger charge is 2.38. The summed E-state index contributed by atoms with van der Waals surface area (Å²) in [6, 6.07) is 7.60. The summed E-state index contributed by atoms with van der Waals surface area (Å²) in [5.74, 6) is -2.98. The second kappa shape index (κ2) is 10.7. The summed E-state index contributed by atoms with van der Waals surface area (Å²) in [6.45, 7) is 11.3. The van der Waals surface area contributed by atoms with E-state index >= 15 is 0 Å². The molecule has 0 unspecified atom stereocenters. The van der Waals surface area contributed by atoms with Crippen LogP contribution in [0.15, 0.2) is 49.6 Å². The number of carboxylic acids is 1. The van der Waals surface area contributed by atoms with Crippen LogP contribution in [-0.4, -0.2) is 45.4 Å². The van der Waals surface area contributed by atoms with Crippen LogP contribution in [0.25, 0.3) is 10.9 Å². The molecule has 0 saturated heterocycles. The SMILES string of the molecule is C=CCC(O)(CC=C)CNC(=O)c1cc(C)nc2cc(C)ccc12.O=C(O)C(F)(F)F. The lowest BCUT2D eigenvalue weighted by Gasteiger charge is -2.26. The van der Waals surface area contributed by atoms with Gasteiger partial charge in [-0.3, -0.25) is 9.78 Å². The van der Waals surface area contributed by atoms with Crippen LogP contribution in [0, 0.1) is 13.8 Å². The number of hydrogen-bond donors (Lipinski definition) is 3. The first-order valence-corrected chi connectivity index (χ1v) is 9.23. The Morgan fingerprint density at radius 1 is 1.13 bits per heavy atom. The number of aryl methyl sites for hydroxylation is 2. The van der Waals surface area contributed by atoms with Crippen molar-refractivity contribution in [3.05, 3.63) is 66.4 Å². The molecule has 1 aromatic heterocycles. The largest absolute Gasteiger partial charge is 0.490 e. The van der Waals surface area contributed by atoms with Crippen molar-refractivity contribution in [3.8, 4) is 0 Å². The normalized spacial score (nSPS) is 11.3. The Kier molecular flexibility index (Phi) is 8.93. The minimum atomic E-state index is -5.08. The van der Waals surface area contributed by atoms with E-state index in [1.807, 2.05) is 32.0 Å². The van der Waals surface area contributed by atoms with E-state index in [4.69, 9.17) is 9.90 Å². The van der Waals surface area contributed by atoms with Gasteiger partial charge in [-0.25, -0.2) is 4.79 Å². The van der Waals surface area contributed by atoms with Crippen molar-refractivity contribution in [1.29, 1.82) is 0 Å². The maximum absolute atomic E-state index is 12.6. The molecule has 0 atom stereocenters. The van der Waals surface area contributed by atoms with Gasteiger partial charge in [-0.15, -0.1) is 13.2 Å². The zero-order chi connectivity index (χ0) is 23.8. The number of fused-ring (bicyclic) bond motifs is 1. The molecule has 0 aliphatic carbocycles. The molecule has 0 fully saturated rings. The van der Waals surface area contributed by atoms with Crippen molar-refractivity contribution in [3.63, 3.8) is 0 Å². The standard InChI is InChI=1S/C20H24N2O2.C2HF3O2/c1-5-9-20(24,10-6-2)13-21-19(23)17-12-15(4)22-18-11-14(3)7-8-16(17)18;3-2(4,5)1(6)7/h5-8,11-12,24H,1-2,9-10,13H2,3-4H3,(H,21,23);(H,6,7). The summed E-state index contributed by atoms with van der Waals surface area (Å²) < 4.78 is 31.7. The summed E-state index contributed by atoms with van der Waals surface area (Å²) in [6.07, 6.45) is -1.03. The van der Waals surface area contributed by atoms with Crippen molar-refractivity contribution >= 4 is 22.8 Å². The van der Waals surface area contributed by atoms with Gasteiger partial charge in [0.25, 0.3) is 5.91 Å². The van der Waals surface area contributed by atoms with Crippen molar-refractivity contribution in [2.24, 2.45) is 0 Å². The molecule has 0 aliphatic heterocycles. The second-order valence-electron chi connectivity index (χ2n) is 7.03. The fraction of sp³-hybridized carbons (Fsp3) is 0.318. The Bertz CT molecular complexity index is 956. The predicted molar refractivity (Wildman–Crippen MR) is 112 cm³/mol. The highest BCUT2D eigenvalue weighted by atomic mass is 19.4. The molecule has 1 aromatic carbocycles. The van der Waals surface area contributed by atoms with Gasteiger partial charge < -0.3 is 15.5 Å². The quantitative estimate of drug-likeness (QED) is 0.566. The fourth-order valence-electron chi connectivity index (χ4n) is 2.76. The van der Waals surface area contributed by atoms with E-state index in [9.17, 15) is 23.1 Å². The molecule has 0 spiro atoms. The number of rotatable bonds is 7. The van der Waals surface area contributed by atoms with E-state index in [-0.39, 0.29) is 12.5 Å². The third-order valence-electron chi connectivity index (χ3n) is 4.21. The number of aliphatic carboxylic acids is 1. The van der Waals surface area contributed by atoms with Crippen LogP contribution in [0.2, 0.25) is 0 Å². The van der Waals surface area contributed by atoms with Crippen LogP contribution < -0.4 is 5.32 Å². The van der Waals surface area contributed by atoms with E-state index in [0.717, 1.165) is 22.2 Å². The van der Waals surface area contributed by atoms with Gasteiger partial charge in [0.05, 0.1) is 16.7 Å². The number of alkyl halides is 3. The number of hydrogen-bond acceptors (Lipinski definition) is 4. The summed E-state index contributed by atoms with van der Waals surface area (Å²) in [4.78, 5) is 26.0.